The summed E-state index contributed by atoms with van der Waals surface area (Å²) in [5.41, 5.74) is -0.671. The number of hydrogen-bond donors (Lipinski definition) is 1. The average molecular weight is 661 g/mol. The summed E-state index contributed by atoms with van der Waals surface area (Å²) in [6, 6.07) is 9.96. The van der Waals surface area contributed by atoms with E-state index in [2.05, 4.69) is 4.98 Å². The molecule has 45 heavy (non-hydrogen) atoms. The monoisotopic (exact) mass is 660 g/mol. The highest BCUT2D eigenvalue weighted by atomic mass is 32.2. The molecule has 2 aliphatic heterocycles. The van der Waals surface area contributed by atoms with E-state index in [0.717, 1.165) is 32.7 Å². The van der Waals surface area contributed by atoms with Crippen LogP contribution >= 0.6 is 23.1 Å². The quantitative estimate of drug-likeness (QED) is 0.276. The molecule has 2 aliphatic carbocycles. The van der Waals surface area contributed by atoms with Gasteiger partial charge in [0.05, 0.1) is 41.8 Å². The Balaban J connectivity index is 1.26. The first-order valence-electron chi connectivity index (χ1n) is 14.4. The molecule has 1 N–H and O–H groups in total. The Morgan fingerprint density at radius 1 is 1.04 bits per heavy atom. The molecule has 9 nitrogen and oxygen atoms in total. The fourth-order valence-electron chi connectivity index (χ4n) is 7.87. The summed E-state index contributed by atoms with van der Waals surface area (Å²) in [6.45, 7) is 1.60. The fourth-order valence-corrected chi connectivity index (χ4v) is 10.8. The number of H-pyrrole nitrogens is 1. The number of aromatic nitrogens is 1. The summed E-state index contributed by atoms with van der Waals surface area (Å²) in [5.74, 6) is -3.63. The molecule has 3 heterocycles. The number of imide groups is 1. The SMILES string of the molecule is CCOC(=O)COc1ccc([C@H]2c3sc(=O)[nH]c3SC3C4CC(C5C(=O)N(c6ccccc6C(F)(F)F)C(=O)C45)C32)cc1OC. The molecule has 2 amide bonds. The number of thioether (sulfide) groups is 1. The van der Waals surface area contributed by atoms with E-state index < -0.39 is 47.0 Å². The maximum Gasteiger partial charge on any atom is 0.418 e. The van der Waals surface area contributed by atoms with Gasteiger partial charge in [0.25, 0.3) is 0 Å². The number of rotatable bonds is 7. The van der Waals surface area contributed by atoms with Crippen LogP contribution in [0.5, 0.6) is 11.5 Å². The largest absolute Gasteiger partial charge is 0.493 e. The number of anilines is 1. The molecule has 2 saturated carbocycles. The van der Waals surface area contributed by atoms with Crippen molar-refractivity contribution in [1.82, 2.24) is 4.98 Å². The van der Waals surface area contributed by atoms with Crippen LogP contribution in [0.25, 0.3) is 0 Å². The Morgan fingerprint density at radius 3 is 2.49 bits per heavy atom. The van der Waals surface area contributed by atoms with Crippen molar-refractivity contribution in [3.63, 3.8) is 0 Å². The summed E-state index contributed by atoms with van der Waals surface area (Å²) >= 11 is 2.56. The van der Waals surface area contributed by atoms with E-state index in [-0.39, 0.29) is 47.0 Å². The second kappa shape index (κ2) is 10.9. The van der Waals surface area contributed by atoms with Crippen molar-refractivity contribution in [2.75, 3.05) is 25.2 Å². The van der Waals surface area contributed by atoms with E-state index in [0.29, 0.717) is 22.9 Å². The lowest BCUT2D eigenvalue weighted by Gasteiger charge is -2.43. The third kappa shape index (κ3) is 4.67. The average Bonchev–Trinajstić information content (AvgIpc) is 3.74. The van der Waals surface area contributed by atoms with Gasteiger partial charge >= 0.3 is 17.0 Å². The van der Waals surface area contributed by atoms with Crippen molar-refractivity contribution < 1.29 is 41.8 Å². The molecule has 2 aromatic carbocycles. The maximum absolute atomic E-state index is 14.0. The second-order valence-corrected chi connectivity index (χ2v) is 13.7. The van der Waals surface area contributed by atoms with Crippen LogP contribution in [0.3, 0.4) is 0 Å². The number of amides is 2. The first-order chi connectivity index (χ1) is 21.5. The summed E-state index contributed by atoms with van der Waals surface area (Å²) < 4.78 is 58.0. The van der Waals surface area contributed by atoms with E-state index in [4.69, 9.17) is 14.2 Å². The predicted octanol–water partition coefficient (Wildman–Crippen LogP) is 5.08. The lowest BCUT2D eigenvalue weighted by atomic mass is 9.68. The molecule has 236 valence electrons. The number of esters is 1. The normalized spacial score (nSPS) is 28.1. The lowest BCUT2D eigenvalue weighted by Crippen LogP contribution is -2.42. The smallest absolute Gasteiger partial charge is 0.418 e. The third-order valence-corrected chi connectivity index (χ3v) is 12.0. The minimum absolute atomic E-state index is 0.153. The van der Waals surface area contributed by atoms with Gasteiger partial charge < -0.3 is 19.2 Å². The van der Waals surface area contributed by atoms with Crippen LogP contribution in [-0.2, 0) is 25.3 Å². The molecular weight excluding hydrogens is 633 g/mol. The van der Waals surface area contributed by atoms with Crippen molar-refractivity contribution >= 4 is 46.6 Å². The molecule has 6 unspecified atom stereocenters. The highest BCUT2D eigenvalue weighted by molar-refractivity contribution is 8.00. The van der Waals surface area contributed by atoms with Gasteiger partial charge in [-0.3, -0.25) is 14.4 Å². The van der Waals surface area contributed by atoms with E-state index in [1.54, 1.807) is 19.1 Å². The van der Waals surface area contributed by atoms with E-state index in [9.17, 15) is 32.3 Å². The first-order valence-corrected chi connectivity index (χ1v) is 16.1. The van der Waals surface area contributed by atoms with Gasteiger partial charge in [-0.25, -0.2) is 9.69 Å². The van der Waals surface area contributed by atoms with Gasteiger partial charge in [-0.1, -0.05) is 29.5 Å². The standard InChI is InChI=1S/C31H27F3N2O7S2/c1-3-42-20(37)12-43-18-9-8-13(10-19(18)41-2)21-22-14-11-15(25(22)44-27-26(21)45-30(40)35-27)24-23(14)28(38)36(29(24)39)17-7-5-4-6-16(17)31(32,33)34/h4-10,14-15,21-25H,3,11-12H2,1-2H3,(H,35,40)/t14?,15?,21-,22?,23?,24?,25?/m1/s1. The summed E-state index contributed by atoms with van der Waals surface area (Å²) in [5, 5.41) is 0.539. The van der Waals surface area contributed by atoms with Crippen LogP contribution in [0.15, 0.2) is 52.3 Å². The van der Waals surface area contributed by atoms with Crippen molar-refractivity contribution in [2.24, 2.45) is 29.6 Å². The van der Waals surface area contributed by atoms with Crippen molar-refractivity contribution in [3.8, 4) is 11.5 Å². The number of carbonyl (C=O) groups excluding carboxylic acids is 3. The molecule has 14 heteroatoms. The number of alkyl halides is 3. The van der Waals surface area contributed by atoms with E-state index in [1.807, 2.05) is 6.07 Å². The van der Waals surface area contributed by atoms with Crippen molar-refractivity contribution in [1.29, 1.82) is 0 Å². The Bertz CT molecular complexity index is 1770. The number of hydrogen-bond acceptors (Lipinski definition) is 9. The molecule has 7 atom stereocenters. The maximum atomic E-state index is 14.0. The fraction of sp³-hybridized carbons (Fsp3) is 0.419. The first kappa shape index (κ1) is 29.9. The number of para-hydroxylation sites is 1. The number of halogens is 3. The van der Waals surface area contributed by atoms with Crippen molar-refractivity contribution in [2.45, 2.75) is 35.7 Å². The predicted molar refractivity (Wildman–Crippen MR) is 158 cm³/mol. The zero-order chi connectivity index (χ0) is 31.8. The molecule has 1 saturated heterocycles. The summed E-state index contributed by atoms with van der Waals surface area (Å²) in [4.78, 5) is 56.5. The number of thiazole rings is 1. The highest BCUT2D eigenvalue weighted by Gasteiger charge is 2.70. The molecule has 0 radical (unpaired) electrons. The molecule has 7 rings (SSSR count). The van der Waals surface area contributed by atoms with Gasteiger partial charge in [-0.15, -0.1) is 11.8 Å². The van der Waals surface area contributed by atoms with Crippen LogP contribution < -0.4 is 19.2 Å². The van der Waals surface area contributed by atoms with E-state index in [1.165, 1.54) is 37.1 Å². The number of carbonyl (C=O) groups is 3. The number of methoxy groups -OCH3 is 1. The van der Waals surface area contributed by atoms with Crippen LogP contribution in [0, 0.1) is 29.6 Å². The number of benzene rings is 2. The van der Waals surface area contributed by atoms with Crippen LogP contribution in [0.1, 0.15) is 35.3 Å². The number of ether oxygens (including phenoxy) is 3. The Morgan fingerprint density at radius 2 is 1.78 bits per heavy atom. The van der Waals surface area contributed by atoms with Gasteiger partial charge in [0.1, 0.15) is 0 Å². The second-order valence-electron chi connectivity index (χ2n) is 11.5. The minimum atomic E-state index is -4.74. The van der Waals surface area contributed by atoms with Gasteiger partial charge in [0.15, 0.2) is 18.1 Å². The Kier molecular flexibility index (Phi) is 7.27. The molecule has 1 aromatic heterocycles. The van der Waals surface area contributed by atoms with E-state index >= 15 is 0 Å². The third-order valence-electron chi connectivity index (χ3n) is 9.37. The number of aromatic amines is 1. The van der Waals surface area contributed by atoms with Gasteiger partial charge in [-0.05, 0) is 60.9 Å². The topological polar surface area (TPSA) is 115 Å². The Hall–Kier alpha value is -3.78. The zero-order valence-corrected chi connectivity index (χ0v) is 25.6. The number of fused-ring (bicyclic) bond motifs is 9. The highest BCUT2D eigenvalue weighted by Crippen LogP contribution is 2.69. The van der Waals surface area contributed by atoms with Gasteiger partial charge in [-0.2, -0.15) is 13.2 Å². The molecular formula is C31H27F3N2O7S2. The Labute approximate surface area is 263 Å². The lowest BCUT2D eigenvalue weighted by molar-refractivity contribution is -0.145. The minimum Gasteiger partial charge on any atom is -0.493 e. The molecule has 4 aliphatic rings. The zero-order valence-electron chi connectivity index (χ0n) is 24.0. The summed E-state index contributed by atoms with van der Waals surface area (Å²) in [6.07, 6.45) is -4.16. The number of nitrogens with one attached hydrogen (secondary N) is 1. The van der Waals surface area contributed by atoms with Crippen molar-refractivity contribution in [3.05, 3.63) is 68.1 Å². The summed E-state index contributed by atoms with van der Waals surface area (Å²) in [7, 11) is 1.47. The molecule has 3 fully saturated rings. The van der Waals surface area contributed by atoms with Gasteiger partial charge in [0, 0.05) is 16.0 Å². The molecule has 0 spiro atoms. The number of nitrogens with zero attached hydrogens (tertiary/aromatic N) is 1. The van der Waals surface area contributed by atoms with Crippen LogP contribution in [-0.4, -0.2) is 48.3 Å². The van der Waals surface area contributed by atoms with Crippen LogP contribution in [0.4, 0.5) is 18.9 Å². The van der Waals surface area contributed by atoms with Crippen LogP contribution in [0.2, 0.25) is 0 Å². The molecule has 2 bridgehead atoms. The van der Waals surface area contributed by atoms with Gasteiger partial charge in [0.2, 0.25) is 11.8 Å². The molecule has 3 aromatic rings.